The average molecular weight is 208 g/mol. The van der Waals surface area contributed by atoms with Gasteiger partial charge in [0.15, 0.2) is 11.5 Å². The summed E-state index contributed by atoms with van der Waals surface area (Å²) < 4.78 is 10.8. The van der Waals surface area contributed by atoms with Crippen LogP contribution in [0.15, 0.2) is 12.1 Å². The van der Waals surface area contributed by atoms with Crippen LogP contribution in [0.2, 0.25) is 0 Å². The number of fused-ring (bicyclic) bond motifs is 1. The molecule has 0 radical (unpaired) electrons. The SMILES string of the molecule is CC[C@H]1O[C@H](C)c2ccc(OC)c(O)c21. The minimum atomic E-state index is -0.00917. The zero-order chi connectivity index (χ0) is 11.0. The molecule has 0 fully saturated rings. The summed E-state index contributed by atoms with van der Waals surface area (Å²) in [5.74, 6) is 0.746. The van der Waals surface area contributed by atoms with E-state index < -0.39 is 0 Å². The Morgan fingerprint density at radius 3 is 2.80 bits per heavy atom. The number of hydrogen-bond donors (Lipinski definition) is 1. The van der Waals surface area contributed by atoms with Crippen molar-refractivity contribution >= 4 is 0 Å². The van der Waals surface area contributed by atoms with Crippen LogP contribution in [-0.4, -0.2) is 12.2 Å². The second-order valence-corrected chi connectivity index (χ2v) is 3.79. The van der Waals surface area contributed by atoms with Gasteiger partial charge in [0.2, 0.25) is 0 Å². The van der Waals surface area contributed by atoms with Crippen molar-refractivity contribution in [2.24, 2.45) is 0 Å². The molecule has 1 N–H and O–H groups in total. The van der Waals surface area contributed by atoms with Crippen LogP contribution in [0.5, 0.6) is 11.5 Å². The average Bonchev–Trinajstić information content (AvgIpc) is 2.57. The zero-order valence-electron chi connectivity index (χ0n) is 9.28. The van der Waals surface area contributed by atoms with Gasteiger partial charge in [-0.2, -0.15) is 0 Å². The van der Waals surface area contributed by atoms with Gasteiger partial charge < -0.3 is 14.6 Å². The Kier molecular flexibility index (Phi) is 2.57. The molecule has 0 aromatic heterocycles. The number of phenolic OH excluding ortho intramolecular Hbond substituents is 1. The van der Waals surface area contributed by atoms with Gasteiger partial charge in [-0.15, -0.1) is 0 Å². The fraction of sp³-hybridized carbons (Fsp3) is 0.500. The molecule has 0 saturated carbocycles. The van der Waals surface area contributed by atoms with Crippen LogP contribution in [-0.2, 0) is 4.74 Å². The number of hydrogen-bond acceptors (Lipinski definition) is 3. The molecule has 0 saturated heterocycles. The predicted molar refractivity (Wildman–Crippen MR) is 57.2 cm³/mol. The summed E-state index contributed by atoms with van der Waals surface area (Å²) >= 11 is 0. The van der Waals surface area contributed by atoms with Crippen molar-refractivity contribution in [1.29, 1.82) is 0 Å². The van der Waals surface area contributed by atoms with Crippen molar-refractivity contribution in [1.82, 2.24) is 0 Å². The molecule has 3 heteroatoms. The van der Waals surface area contributed by atoms with Crippen molar-refractivity contribution in [3.63, 3.8) is 0 Å². The number of aromatic hydroxyl groups is 1. The maximum Gasteiger partial charge on any atom is 0.163 e. The Labute approximate surface area is 89.6 Å². The number of phenols is 1. The summed E-state index contributed by atoms with van der Waals surface area (Å²) in [4.78, 5) is 0. The highest BCUT2D eigenvalue weighted by atomic mass is 16.5. The first-order chi connectivity index (χ1) is 7.19. The first-order valence-corrected chi connectivity index (χ1v) is 5.24. The lowest BCUT2D eigenvalue weighted by atomic mass is 9.99. The fourth-order valence-corrected chi connectivity index (χ4v) is 2.15. The zero-order valence-corrected chi connectivity index (χ0v) is 9.28. The second kappa shape index (κ2) is 3.74. The van der Waals surface area contributed by atoms with E-state index in [1.807, 2.05) is 19.9 Å². The van der Waals surface area contributed by atoms with Gasteiger partial charge in [-0.25, -0.2) is 0 Å². The molecule has 1 aromatic rings. The second-order valence-electron chi connectivity index (χ2n) is 3.79. The Morgan fingerprint density at radius 1 is 1.47 bits per heavy atom. The molecule has 1 aliphatic heterocycles. The smallest absolute Gasteiger partial charge is 0.163 e. The first-order valence-electron chi connectivity index (χ1n) is 5.24. The van der Waals surface area contributed by atoms with E-state index in [9.17, 15) is 5.11 Å². The van der Waals surface area contributed by atoms with Crippen LogP contribution in [0.3, 0.4) is 0 Å². The van der Waals surface area contributed by atoms with E-state index in [0.717, 1.165) is 17.5 Å². The van der Waals surface area contributed by atoms with E-state index in [0.29, 0.717) is 5.75 Å². The van der Waals surface area contributed by atoms with Crippen LogP contribution < -0.4 is 4.74 Å². The van der Waals surface area contributed by atoms with Gasteiger partial charge in [0.1, 0.15) is 0 Å². The minimum Gasteiger partial charge on any atom is -0.504 e. The van der Waals surface area contributed by atoms with E-state index >= 15 is 0 Å². The first kappa shape index (κ1) is 10.3. The molecular weight excluding hydrogens is 192 g/mol. The normalized spacial score (nSPS) is 23.9. The molecule has 0 amide bonds. The molecule has 82 valence electrons. The van der Waals surface area contributed by atoms with Gasteiger partial charge >= 0.3 is 0 Å². The summed E-state index contributed by atoms with van der Waals surface area (Å²) in [5, 5.41) is 10.0. The van der Waals surface area contributed by atoms with Gasteiger partial charge in [-0.1, -0.05) is 13.0 Å². The van der Waals surface area contributed by atoms with E-state index in [4.69, 9.17) is 9.47 Å². The van der Waals surface area contributed by atoms with Crippen molar-refractivity contribution in [2.45, 2.75) is 32.5 Å². The van der Waals surface area contributed by atoms with Crippen LogP contribution in [0.1, 0.15) is 43.6 Å². The monoisotopic (exact) mass is 208 g/mol. The Balaban J connectivity index is 2.55. The quantitative estimate of drug-likeness (QED) is 0.812. The van der Waals surface area contributed by atoms with E-state index in [1.54, 1.807) is 13.2 Å². The highest BCUT2D eigenvalue weighted by molar-refractivity contribution is 5.53. The van der Waals surface area contributed by atoms with Crippen molar-refractivity contribution in [3.8, 4) is 11.5 Å². The summed E-state index contributed by atoms with van der Waals surface area (Å²) in [5.41, 5.74) is 1.96. The number of benzene rings is 1. The third-order valence-corrected chi connectivity index (χ3v) is 2.93. The van der Waals surface area contributed by atoms with E-state index in [2.05, 4.69) is 0 Å². The molecule has 2 atom stereocenters. The maximum absolute atomic E-state index is 10.0. The number of ether oxygens (including phenoxy) is 2. The van der Waals surface area contributed by atoms with Gasteiger partial charge in [-0.3, -0.25) is 0 Å². The third-order valence-electron chi connectivity index (χ3n) is 2.93. The Hall–Kier alpha value is -1.22. The Morgan fingerprint density at radius 2 is 2.20 bits per heavy atom. The molecular formula is C12H16O3. The van der Waals surface area contributed by atoms with Crippen LogP contribution in [0.4, 0.5) is 0 Å². The highest BCUT2D eigenvalue weighted by Gasteiger charge is 2.31. The molecule has 1 aliphatic rings. The van der Waals surface area contributed by atoms with Gasteiger partial charge in [-0.05, 0) is 25.0 Å². The molecule has 15 heavy (non-hydrogen) atoms. The summed E-state index contributed by atoms with van der Waals surface area (Å²) in [6, 6.07) is 3.75. The van der Waals surface area contributed by atoms with Gasteiger partial charge in [0, 0.05) is 5.56 Å². The van der Waals surface area contributed by atoms with Crippen molar-refractivity contribution < 1.29 is 14.6 Å². The lowest BCUT2D eigenvalue weighted by Crippen LogP contribution is -1.95. The minimum absolute atomic E-state index is 0.00917. The highest BCUT2D eigenvalue weighted by Crippen LogP contribution is 2.48. The topological polar surface area (TPSA) is 38.7 Å². The number of rotatable bonds is 2. The van der Waals surface area contributed by atoms with Crippen molar-refractivity contribution in [3.05, 3.63) is 23.3 Å². The molecule has 3 nitrogen and oxygen atoms in total. The predicted octanol–water partition coefficient (Wildman–Crippen LogP) is 2.94. The van der Waals surface area contributed by atoms with Gasteiger partial charge in [0.25, 0.3) is 0 Å². The van der Waals surface area contributed by atoms with Crippen LogP contribution in [0.25, 0.3) is 0 Å². The molecule has 0 unspecified atom stereocenters. The lowest BCUT2D eigenvalue weighted by Gasteiger charge is -2.11. The van der Waals surface area contributed by atoms with E-state index in [1.165, 1.54) is 0 Å². The van der Waals surface area contributed by atoms with Crippen LogP contribution >= 0.6 is 0 Å². The standard InChI is InChI=1S/C12H16O3/c1-4-9-11-8(7(2)15-9)5-6-10(14-3)12(11)13/h5-7,9,13H,4H2,1-3H3/t7-,9-/m1/s1. The number of methoxy groups -OCH3 is 1. The van der Waals surface area contributed by atoms with Gasteiger partial charge in [0.05, 0.1) is 19.3 Å². The van der Waals surface area contributed by atoms with Crippen LogP contribution in [0, 0.1) is 0 Å². The molecule has 0 bridgehead atoms. The molecule has 0 spiro atoms. The fourth-order valence-electron chi connectivity index (χ4n) is 2.15. The summed E-state index contributed by atoms with van der Waals surface area (Å²) in [6.45, 7) is 4.05. The summed E-state index contributed by atoms with van der Waals surface area (Å²) in [6.07, 6.45) is 0.907. The molecule has 0 aliphatic carbocycles. The van der Waals surface area contributed by atoms with E-state index in [-0.39, 0.29) is 18.0 Å². The molecule has 1 aromatic carbocycles. The lowest BCUT2D eigenvalue weighted by molar-refractivity contribution is 0.0192. The van der Waals surface area contributed by atoms with Crippen molar-refractivity contribution in [2.75, 3.05) is 7.11 Å². The largest absolute Gasteiger partial charge is 0.504 e. The summed E-state index contributed by atoms with van der Waals surface area (Å²) in [7, 11) is 1.56. The Bertz CT molecular complexity index is 373. The molecule has 2 rings (SSSR count). The third kappa shape index (κ3) is 1.47. The molecule has 1 heterocycles. The maximum atomic E-state index is 10.0.